The number of carbonyl (C=O) groups excluding carboxylic acids is 1. The lowest BCUT2D eigenvalue weighted by atomic mass is 10.00. The lowest BCUT2D eigenvalue weighted by Crippen LogP contribution is -2.23. The average molecular weight is 340 g/mol. The Kier molecular flexibility index (Phi) is 4.67. The van der Waals surface area contributed by atoms with Gasteiger partial charge in [-0.05, 0) is 23.3 Å². The molecule has 0 aliphatic heterocycles. The van der Waals surface area contributed by atoms with Crippen LogP contribution in [0.25, 0.3) is 11.1 Å². The number of nitrogens with zero attached hydrogens (tertiary/aromatic N) is 2. The molecule has 1 aromatic heterocycles. The van der Waals surface area contributed by atoms with Crippen LogP contribution < -0.4 is 11.1 Å². The van der Waals surface area contributed by atoms with E-state index in [0.717, 1.165) is 12.4 Å². The second-order valence-corrected chi connectivity index (χ2v) is 4.69. The third-order valence-electron chi connectivity index (χ3n) is 3.04. The molecule has 7 nitrogen and oxygen atoms in total. The number of hydrogen-bond donors (Lipinski definition) is 3. The SMILES string of the molecule is NC(=O)c1ccc(-c2cnc(C(F)(F)F)nc2)cc1CNC(=O)O. The van der Waals surface area contributed by atoms with Gasteiger partial charge in [-0.2, -0.15) is 13.2 Å². The number of alkyl halides is 3. The Hall–Kier alpha value is -3.17. The van der Waals surface area contributed by atoms with Crippen molar-refractivity contribution in [2.24, 2.45) is 5.73 Å². The largest absolute Gasteiger partial charge is 0.465 e. The van der Waals surface area contributed by atoms with Crippen LogP contribution in [0.4, 0.5) is 18.0 Å². The molecular formula is C14H11F3N4O3. The Morgan fingerprint density at radius 2 is 1.79 bits per heavy atom. The number of hydrogen-bond acceptors (Lipinski definition) is 4. The van der Waals surface area contributed by atoms with E-state index in [0.29, 0.717) is 5.56 Å². The summed E-state index contributed by atoms with van der Waals surface area (Å²) in [5.41, 5.74) is 6.28. The van der Waals surface area contributed by atoms with Gasteiger partial charge in [-0.25, -0.2) is 14.8 Å². The maximum Gasteiger partial charge on any atom is 0.451 e. The molecule has 10 heteroatoms. The summed E-state index contributed by atoms with van der Waals surface area (Å²) in [4.78, 5) is 28.5. The Labute approximate surface area is 133 Å². The highest BCUT2D eigenvalue weighted by molar-refractivity contribution is 5.95. The number of rotatable bonds is 4. The highest BCUT2D eigenvalue weighted by Gasteiger charge is 2.34. The van der Waals surface area contributed by atoms with Crippen molar-refractivity contribution in [1.29, 1.82) is 0 Å². The molecule has 126 valence electrons. The van der Waals surface area contributed by atoms with Crippen molar-refractivity contribution in [1.82, 2.24) is 15.3 Å². The fourth-order valence-corrected chi connectivity index (χ4v) is 1.95. The standard InChI is InChI=1S/C14H11F3N4O3/c15-14(16,17)12-19-5-9(6-20-12)7-1-2-10(11(18)22)8(3-7)4-21-13(23)24/h1-3,5-6,21H,4H2,(H2,18,22)(H,23,24). The molecule has 0 radical (unpaired) electrons. The molecule has 0 saturated heterocycles. The molecule has 1 aromatic carbocycles. The number of carbonyl (C=O) groups is 2. The van der Waals surface area contributed by atoms with Crippen molar-refractivity contribution in [2.45, 2.75) is 12.7 Å². The van der Waals surface area contributed by atoms with E-state index in [9.17, 15) is 22.8 Å². The molecule has 24 heavy (non-hydrogen) atoms. The predicted octanol–water partition coefficient (Wildman–Crippen LogP) is 2.03. The monoisotopic (exact) mass is 340 g/mol. The zero-order valence-corrected chi connectivity index (χ0v) is 12.0. The summed E-state index contributed by atoms with van der Waals surface area (Å²) in [6.07, 6.45) is -3.97. The smallest absolute Gasteiger partial charge is 0.451 e. The normalized spacial score (nSPS) is 11.1. The number of nitrogens with one attached hydrogen (secondary N) is 1. The van der Waals surface area contributed by atoms with Crippen LogP contribution in [-0.2, 0) is 12.7 Å². The van der Waals surface area contributed by atoms with Gasteiger partial charge in [0, 0.05) is 30.1 Å². The summed E-state index contributed by atoms with van der Waals surface area (Å²) in [6.45, 7) is -0.192. The van der Waals surface area contributed by atoms with E-state index >= 15 is 0 Å². The molecule has 0 bridgehead atoms. The summed E-state index contributed by atoms with van der Waals surface area (Å²) in [7, 11) is 0. The number of benzene rings is 1. The summed E-state index contributed by atoms with van der Waals surface area (Å²) in [5, 5.41) is 10.7. The van der Waals surface area contributed by atoms with Gasteiger partial charge in [-0.3, -0.25) is 4.79 Å². The number of aromatic nitrogens is 2. The van der Waals surface area contributed by atoms with Crippen molar-refractivity contribution < 1.29 is 27.9 Å². The topological polar surface area (TPSA) is 118 Å². The summed E-state index contributed by atoms with van der Waals surface area (Å²) in [5.74, 6) is -2.03. The van der Waals surface area contributed by atoms with Gasteiger partial charge in [0.15, 0.2) is 0 Å². The fourth-order valence-electron chi connectivity index (χ4n) is 1.95. The van der Waals surface area contributed by atoms with Crippen LogP contribution in [0.3, 0.4) is 0 Å². The molecule has 2 rings (SSSR count). The Morgan fingerprint density at radius 1 is 1.17 bits per heavy atom. The second-order valence-electron chi connectivity index (χ2n) is 4.69. The molecule has 2 amide bonds. The molecule has 0 atom stereocenters. The van der Waals surface area contributed by atoms with Gasteiger partial charge in [0.1, 0.15) is 0 Å². The van der Waals surface area contributed by atoms with Crippen molar-refractivity contribution in [3.8, 4) is 11.1 Å². The number of amides is 2. The lowest BCUT2D eigenvalue weighted by molar-refractivity contribution is -0.144. The van der Waals surface area contributed by atoms with Gasteiger partial charge in [-0.15, -0.1) is 0 Å². The molecule has 0 aliphatic rings. The van der Waals surface area contributed by atoms with Crippen molar-refractivity contribution in [3.05, 3.63) is 47.5 Å². The maximum absolute atomic E-state index is 12.5. The third kappa shape index (κ3) is 3.97. The molecule has 0 unspecified atom stereocenters. The van der Waals surface area contributed by atoms with E-state index in [1.807, 2.05) is 0 Å². The minimum atomic E-state index is -4.65. The molecule has 0 spiro atoms. The Bertz CT molecular complexity index is 776. The number of nitrogens with two attached hydrogens (primary N) is 1. The number of primary amides is 1. The zero-order chi connectivity index (χ0) is 17.9. The fraction of sp³-hybridized carbons (Fsp3) is 0.143. The van der Waals surface area contributed by atoms with Crippen molar-refractivity contribution in [3.63, 3.8) is 0 Å². The van der Waals surface area contributed by atoms with E-state index < -0.39 is 24.0 Å². The van der Waals surface area contributed by atoms with Crippen LogP contribution in [0, 0.1) is 0 Å². The van der Waals surface area contributed by atoms with E-state index in [2.05, 4.69) is 15.3 Å². The predicted molar refractivity (Wildman–Crippen MR) is 75.9 cm³/mol. The van der Waals surface area contributed by atoms with Crippen LogP contribution in [0.5, 0.6) is 0 Å². The lowest BCUT2D eigenvalue weighted by Gasteiger charge is -2.10. The van der Waals surface area contributed by atoms with E-state index in [1.54, 1.807) is 0 Å². The molecule has 0 fully saturated rings. The Morgan fingerprint density at radius 3 is 2.29 bits per heavy atom. The molecule has 0 aliphatic carbocycles. The molecule has 0 saturated carbocycles. The highest BCUT2D eigenvalue weighted by atomic mass is 19.4. The molecule has 1 heterocycles. The number of carboxylic acid groups (broad SMARTS) is 1. The van der Waals surface area contributed by atoms with Crippen LogP contribution in [0.15, 0.2) is 30.6 Å². The first-order valence-corrected chi connectivity index (χ1v) is 6.47. The van der Waals surface area contributed by atoms with Crippen molar-refractivity contribution >= 4 is 12.0 Å². The minimum Gasteiger partial charge on any atom is -0.465 e. The van der Waals surface area contributed by atoms with Gasteiger partial charge in [0.2, 0.25) is 11.7 Å². The van der Waals surface area contributed by atoms with Crippen LogP contribution in [0.1, 0.15) is 21.7 Å². The first-order valence-electron chi connectivity index (χ1n) is 6.47. The highest BCUT2D eigenvalue weighted by Crippen LogP contribution is 2.27. The Balaban J connectivity index is 2.38. The van der Waals surface area contributed by atoms with Gasteiger partial charge in [-0.1, -0.05) is 6.07 Å². The summed E-state index contributed by atoms with van der Waals surface area (Å²) < 4.78 is 37.4. The average Bonchev–Trinajstić information content (AvgIpc) is 2.51. The minimum absolute atomic E-state index is 0.0975. The van der Waals surface area contributed by atoms with Gasteiger partial charge < -0.3 is 16.2 Å². The molecular weight excluding hydrogens is 329 g/mol. The first-order chi connectivity index (χ1) is 11.2. The van der Waals surface area contributed by atoms with E-state index in [4.69, 9.17) is 10.8 Å². The van der Waals surface area contributed by atoms with Gasteiger partial charge in [0.25, 0.3) is 0 Å². The first kappa shape index (κ1) is 17.2. The maximum atomic E-state index is 12.5. The van der Waals surface area contributed by atoms with Gasteiger partial charge >= 0.3 is 12.3 Å². The van der Waals surface area contributed by atoms with Crippen LogP contribution in [0.2, 0.25) is 0 Å². The van der Waals surface area contributed by atoms with Crippen LogP contribution >= 0.6 is 0 Å². The third-order valence-corrected chi connectivity index (χ3v) is 3.04. The molecule has 2 aromatic rings. The van der Waals surface area contributed by atoms with E-state index in [-0.39, 0.29) is 23.2 Å². The van der Waals surface area contributed by atoms with E-state index in [1.165, 1.54) is 18.2 Å². The summed E-state index contributed by atoms with van der Waals surface area (Å²) in [6, 6.07) is 4.24. The van der Waals surface area contributed by atoms with Crippen LogP contribution in [-0.4, -0.2) is 27.1 Å². The zero-order valence-electron chi connectivity index (χ0n) is 12.0. The molecule has 4 N–H and O–H groups in total. The summed E-state index contributed by atoms with van der Waals surface area (Å²) >= 11 is 0. The quantitative estimate of drug-likeness (QED) is 0.787. The van der Waals surface area contributed by atoms with Gasteiger partial charge in [0.05, 0.1) is 0 Å². The number of halogens is 3. The van der Waals surface area contributed by atoms with Crippen molar-refractivity contribution in [2.75, 3.05) is 0 Å². The second kappa shape index (κ2) is 6.52.